The van der Waals surface area contributed by atoms with Gasteiger partial charge in [-0.25, -0.2) is 4.79 Å². The van der Waals surface area contributed by atoms with E-state index in [1.54, 1.807) is 29.2 Å². The Labute approximate surface area is 127 Å². The largest absolute Gasteiger partial charge is 0.480 e. The van der Waals surface area contributed by atoms with Gasteiger partial charge in [-0.15, -0.1) is 0 Å². The fraction of sp³-hybridized carbons (Fsp3) is 0.429. The van der Waals surface area contributed by atoms with Gasteiger partial charge in [0.1, 0.15) is 6.54 Å². The quantitative estimate of drug-likeness (QED) is 0.927. The number of benzene rings is 1. The van der Waals surface area contributed by atoms with E-state index in [1.165, 1.54) is 4.90 Å². The van der Waals surface area contributed by atoms with Crippen LogP contribution in [0.1, 0.15) is 6.92 Å². The van der Waals surface area contributed by atoms with Crippen molar-refractivity contribution in [2.75, 3.05) is 31.1 Å². The second-order valence-corrected chi connectivity index (χ2v) is 5.31. The number of amides is 2. The molecule has 1 aromatic carbocycles. The van der Waals surface area contributed by atoms with E-state index in [2.05, 4.69) is 0 Å². The smallest absolute Gasteiger partial charge is 0.325 e. The zero-order chi connectivity index (χ0) is 15.4. The highest BCUT2D eigenvalue weighted by molar-refractivity contribution is 6.30. The lowest BCUT2D eigenvalue weighted by atomic mass is 10.2. The average Bonchev–Trinajstić information content (AvgIpc) is 2.44. The average molecular weight is 313 g/mol. The number of nitrogens with zero attached hydrogens (tertiary/aromatic N) is 2. The van der Waals surface area contributed by atoms with Crippen molar-refractivity contribution >= 4 is 29.3 Å². The molecule has 2 rings (SSSR count). The molecule has 7 heteroatoms. The Morgan fingerprint density at radius 3 is 2.90 bits per heavy atom. The van der Waals surface area contributed by atoms with Crippen molar-refractivity contribution in [1.29, 1.82) is 0 Å². The lowest BCUT2D eigenvalue weighted by molar-refractivity contribution is -0.135. The highest BCUT2D eigenvalue weighted by Gasteiger charge is 2.28. The second-order valence-electron chi connectivity index (χ2n) is 4.87. The van der Waals surface area contributed by atoms with Crippen LogP contribution >= 0.6 is 11.6 Å². The first-order valence-corrected chi connectivity index (χ1v) is 7.00. The van der Waals surface area contributed by atoms with Crippen molar-refractivity contribution in [3.8, 4) is 0 Å². The molecule has 2 amide bonds. The van der Waals surface area contributed by atoms with Crippen molar-refractivity contribution in [3.05, 3.63) is 29.3 Å². The lowest BCUT2D eigenvalue weighted by Crippen LogP contribution is -2.51. The summed E-state index contributed by atoms with van der Waals surface area (Å²) >= 11 is 5.92. The van der Waals surface area contributed by atoms with E-state index in [-0.39, 0.29) is 12.1 Å². The normalized spacial score (nSPS) is 18.4. The summed E-state index contributed by atoms with van der Waals surface area (Å²) < 4.78 is 5.39. The second kappa shape index (κ2) is 6.78. The summed E-state index contributed by atoms with van der Waals surface area (Å²) in [4.78, 5) is 26.4. The van der Waals surface area contributed by atoms with E-state index in [4.69, 9.17) is 21.4 Å². The number of aliphatic carboxylic acids is 1. The van der Waals surface area contributed by atoms with Gasteiger partial charge in [0.15, 0.2) is 0 Å². The maximum Gasteiger partial charge on any atom is 0.325 e. The Hall–Kier alpha value is -1.79. The van der Waals surface area contributed by atoms with Gasteiger partial charge in [0.05, 0.1) is 12.7 Å². The minimum Gasteiger partial charge on any atom is -0.480 e. The molecular weight excluding hydrogens is 296 g/mol. The Morgan fingerprint density at radius 2 is 2.29 bits per heavy atom. The Morgan fingerprint density at radius 1 is 1.52 bits per heavy atom. The number of carboxylic acid groups (broad SMARTS) is 1. The molecule has 0 spiro atoms. The van der Waals surface area contributed by atoms with E-state index in [1.807, 2.05) is 6.92 Å². The Balaban J connectivity index is 2.22. The third-order valence-corrected chi connectivity index (χ3v) is 3.39. The molecule has 0 aliphatic carbocycles. The fourth-order valence-corrected chi connectivity index (χ4v) is 2.40. The zero-order valence-electron chi connectivity index (χ0n) is 11.7. The van der Waals surface area contributed by atoms with Crippen LogP contribution in [0.4, 0.5) is 10.5 Å². The number of carbonyl (C=O) groups excluding carboxylic acids is 1. The van der Waals surface area contributed by atoms with E-state index >= 15 is 0 Å². The highest BCUT2D eigenvalue weighted by atomic mass is 35.5. The van der Waals surface area contributed by atoms with Gasteiger partial charge in [0, 0.05) is 23.8 Å². The predicted octanol–water partition coefficient (Wildman–Crippen LogP) is 2.07. The molecule has 1 aliphatic heterocycles. The van der Waals surface area contributed by atoms with Crippen LogP contribution in [0.15, 0.2) is 24.3 Å². The van der Waals surface area contributed by atoms with Crippen molar-refractivity contribution in [3.63, 3.8) is 0 Å². The molecule has 1 aromatic rings. The van der Waals surface area contributed by atoms with Crippen LogP contribution in [0.5, 0.6) is 0 Å². The molecule has 1 atom stereocenters. The monoisotopic (exact) mass is 312 g/mol. The van der Waals surface area contributed by atoms with Gasteiger partial charge in [-0.2, -0.15) is 0 Å². The van der Waals surface area contributed by atoms with Crippen LogP contribution in [0, 0.1) is 0 Å². The number of morpholine rings is 1. The van der Waals surface area contributed by atoms with Gasteiger partial charge in [0.2, 0.25) is 0 Å². The summed E-state index contributed by atoms with van der Waals surface area (Å²) in [6, 6.07) is 6.24. The minimum absolute atomic E-state index is 0.0614. The summed E-state index contributed by atoms with van der Waals surface area (Å²) in [5.74, 6) is -1.08. The minimum atomic E-state index is -1.08. The molecule has 0 aromatic heterocycles. The van der Waals surface area contributed by atoms with Crippen LogP contribution in [0.2, 0.25) is 5.02 Å². The van der Waals surface area contributed by atoms with Crippen LogP contribution in [-0.2, 0) is 9.53 Å². The number of anilines is 1. The maximum atomic E-state index is 12.6. The number of carbonyl (C=O) groups is 2. The first kappa shape index (κ1) is 15.6. The lowest BCUT2D eigenvalue weighted by Gasteiger charge is -2.35. The third kappa shape index (κ3) is 4.09. The van der Waals surface area contributed by atoms with Gasteiger partial charge < -0.3 is 14.7 Å². The van der Waals surface area contributed by atoms with E-state index in [9.17, 15) is 9.59 Å². The van der Waals surface area contributed by atoms with Crippen molar-refractivity contribution < 1.29 is 19.4 Å². The summed E-state index contributed by atoms with van der Waals surface area (Å²) in [6.45, 7) is 2.80. The first-order valence-electron chi connectivity index (χ1n) is 6.63. The predicted molar refractivity (Wildman–Crippen MR) is 78.8 cm³/mol. The number of halogens is 1. The topological polar surface area (TPSA) is 70.1 Å². The summed E-state index contributed by atoms with van der Waals surface area (Å²) in [7, 11) is 0. The van der Waals surface area contributed by atoms with Gasteiger partial charge in [-0.1, -0.05) is 17.7 Å². The van der Waals surface area contributed by atoms with Gasteiger partial charge >= 0.3 is 12.0 Å². The highest BCUT2D eigenvalue weighted by Crippen LogP contribution is 2.21. The van der Waals surface area contributed by atoms with Gasteiger partial charge in [-0.05, 0) is 25.1 Å². The summed E-state index contributed by atoms with van der Waals surface area (Å²) in [5.41, 5.74) is 0.467. The van der Waals surface area contributed by atoms with Crippen molar-refractivity contribution in [2.24, 2.45) is 0 Å². The molecule has 1 fully saturated rings. The Bertz CT molecular complexity index is 537. The van der Waals surface area contributed by atoms with Crippen LogP contribution in [-0.4, -0.2) is 54.4 Å². The van der Waals surface area contributed by atoms with Crippen LogP contribution in [0.25, 0.3) is 0 Å². The molecule has 1 N–H and O–H groups in total. The van der Waals surface area contributed by atoms with E-state index < -0.39 is 12.5 Å². The number of ether oxygens (including phenoxy) is 1. The number of hydrogen-bond acceptors (Lipinski definition) is 3. The Kier molecular flexibility index (Phi) is 5.03. The standard InChI is InChI=1S/C14H17ClN2O4/c1-10-8-16(5-6-21-10)14(20)17(9-13(18)19)12-4-2-3-11(15)7-12/h2-4,7,10H,5-6,8-9H2,1H3,(H,18,19). The van der Waals surface area contributed by atoms with E-state index in [0.29, 0.717) is 30.4 Å². The molecule has 1 aliphatic rings. The fourth-order valence-electron chi connectivity index (χ4n) is 2.21. The van der Waals surface area contributed by atoms with Crippen LogP contribution in [0.3, 0.4) is 0 Å². The molecule has 114 valence electrons. The summed E-state index contributed by atoms with van der Waals surface area (Å²) in [6.07, 6.45) is -0.0614. The van der Waals surface area contributed by atoms with Gasteiger partial charge in [0.25, 0.3) is 0 Å². The molecule has 1 heterocycles. The SMILES string of the molecule is CC1CN(C(=O)N(CC(=O)O)c2cccc(Cl)c2)CCO1. The summed E-state index contributed by atoms with van der Waals surface area (Å²) in [5, 5.41) is 9.49. The maximum absolute atomic E-state index is 12.6. The molecule has 21 heavy (non-hydrogen) atoms. The van der Waals surface area contributed by atoms with Crippen molar-refractivity contribution in [1.82, 2.24) is 4.90 Å². The molecule has 0 saturated carbocycles. The number of hydrogen-bond donors (Lipinski definition) is 1. The number of carboxylic acids is 1. The molecule has 0 bridgehead atoms. The van der Waals surface area contributed by atoms with Gasteiger partial charge in [-0.3, -0.25) is 9.69 Å². The van der Waals surface area contributed by atoms with E-state index in [0.717, 1.165) is 0 Å². The number of rotatable bonds is 3. The van der Waals surface area contributed by atoms with Crippen LogP contribution < -0.4 is 4.90 Å². The first-order chi connectivity index (χ1) is 9.97. The number of urea groups is 1. The third-order valence-electron chi connectivity index (χ3n) is 3.16. The van der Waals surface area contributed by atoms with Crippen molar-refractivity contribution in [2.45, 2.75) is 13.0 Å². The molecular formula is C14H17ClN2O4. The molecule has 1 saturated heterocycles. The zero-order valence-corrected chi connectivity index (χ0v) is 12.4. The molecule has 1 unspecified atom stereocenters. The molecule has 0 radical (unpaired) electrons. The molecule has 6 nitrogen and oxygen atoms in total.